The van der Waals surface area contributed by atoms with Crippen LogP contribution in [0, 0.1) is 5.92 Å². The van der Waals surface area contributed by atoms with E-state index in [1.807, 2.05) is 19.1 Å². The molecule has 0 fully saturated rings. The van der Waals surface area contributed by atoms with Gasteiger partial charge in [0.05, 0.1) is 6.61 Å². The fraction of sp³-hybridized carbons (Fsp3) is 0.636. The van der Waals surface area contributed by atoms with Crippen molar-refractivity contribution in [1.29, 1.82) is 0 Å². The van der Waals surface area contributed by atoms with Gasteiger partial charge in [0.2, 0.25) is 5.60 Å². The fourth-order valence-electron chi connectivity index (χ4n) is 2.85. The molecule has 0 amide bonds. The van der Waals surface area contributed by atoms with Gasteiger partial charge in [0.15, 0.2) is 6.29 Å². The van der Waals surface area contributed by atoms with Crippen molar-refractivity contribution in [2.75, 3.05) is 6.61 Å². The number of esters is 1. The molecule has 152 valence electrons. The third-order valence-corrected chi connectivity index (χ3v) is 5.01. The van der Waals surface area contributed by atoms with Crippen molar-refractivity contribution in [3.8, 4) is 0 Å². The minimum atomic E-state index is -2.62. The van der Waals surface area contributed by atoms with Crippen LogP contribution in [0.4, 0.5) is 0 Å². The van der Waals surface area contributed by atoms with Gasteiger partial charge in [-0.05, 0) is 28.9 Å². The van der Waals surface area contributed by atoms with Crippen LogP contribution in [0.15, 0.2) is 24.3 Å². The highest BCUT2D eigenvalue weighted by molar-refractivity contribution is 5.97. The number of aliphatic hydroxyl groups is 2. The Labute approximate surface area is 162 Å². The van der Waals surface area contributed by atoms with Gasteiger partial charge in [0.1, 0.15) is 6.10 Å². The van der Waals surface area contributed by atoms with Crippen LogP contribution in [0.3, 0.4) is 0 Å². The Hall–Kier alpha value is -1.72. The largest absolute Gasteiger partial charge is 0.463 e. The number of benzene rings is 1. The normalized spacial score (nSPS) is 16.3. The maximum Gasteiger partial charge on any atom is 0.348 e. The Balaban J connectivity index is 2.88. The first kappa shape index (κ1) is 23.3. The molecule has 1 rings (SSSR count). The molecular weight excluding hydrogens is 344 g/mol. The lowest BCUT2D eigenvalue weighted by molar-refractivity contribution is -0.179. The van der Waals surface area contributed by atoms with Gasteiger partial charge < -0.3 is 14.9 Å². The number of carbonyl (C=O) groups is 2. The number of hydrogen-bond donors (Lipinski definition) is 2. The molecular formula is C22H34O5. The molecule has 27 heavy (non-hydrogen) atoms. The molecule has 0 spiro atoms. The van der Waals surface area contributed by atoms with Crippen molar-refractivity contribution in [1.82, 2.24) is 0 Å². The van der Waals surface area contributed by atoms with Crippen molar-refractivity contribution in [2.45, 2.75) is 77.4 Å². The Morgan fingerprint density at radius 2 is 1.78 bits per heavy atom. The zero-order valence-electron chi connectivity index (χ0n) is 17.2. The van der Waals surface area contributed by atoms with Crippen molar-refractivity contribution in [2.24, 2.45) is 5.92 Å². The smallest absolute Gasteiger partial charge is 0.348 e. The van der Waals surface area contributed by atoms with E-state index in [2.05, 4.69) is 27.7 Å². The highest BCUT2D eigenvalue weighted by Gasteiger charge is 2.46. The van der Waals surface area contributed by atoms with E-state index in [-0.39, 0.29) is 29.8 Å². The van der Waals surface area contributed by atoms with Crippen molar-refractivity contribution >= 4 is 12.3 Å². The molecule has 0 bridgehead atoms. The average Bonchev–Trinajstić information content (AvgIpc) is 2.66. The van der Waals surface area contributed by atoms with Crippen LogP contribution in [0.2, 0.25) is 0 Å². The number of ether oxygens (including phenoxy) is 1. The van der Waals surface area contributed by atoms with E-state index in [0.717, 1.165) is 31.2 Å². The van der Waals surface area contributed by atoms with Crippen LogP contribution < -0.4 is 0 Å². The lowest BCUT2D eigenvalue weighted by atomic mass is 9.85. The van der Waals surface area contributed by atoms with E-state index in [1.54, 1.807) is 12.1 Å². The summed E-state index contributed by atoms with van der Waals surface area (Å²) in [6, 6.07) is 6.85. The predicted octanol–water partition coefficient (Wildman–Crippen LogP) is 3.71. The van der Waals surface area contributed by atoms with Crippen molar-refractivity contribution in [3.63, 3.8) is 0 Å². The Bertz CT molecular complexity index is 602. The molecule has 0 aliphatic heterocycles. The van der Waals surface area contributed by atoms with Gasteiger partial charge in [-0.2, -0.15) is 0 Å². The molecule has 5 heteroatoms. The molecule has 3 atom stereocenters. The first-order valence-corrected chi connectivity index (χ1v) is 9.74. The molecule has 0 aliphatic carbocycles. The number of carbonyl (C=O) groups excluding carboxylic acids is 2. The van der Waals surface area contributed by atoms with Gasteiger partial charge in [0, 0.05) is 0 Å². The number of rotatable bonds is 10. The fourth-order valence-corrected chi connectivity index (χ4v) is 2.85. The van der Waals surface area contributed by atoms with E-state index in [4.69, 9.17) is 4.74 Å². The van der Waals surface area contributed by atoms with Gasteiger partial charge in [-0.1, -0.05) is 78.1 Å². The molecule has 5 nitrogen and oxygen atoms in total. The van der Waals surface area contributed by atoms with Gasteiger partial charge in [-0.3, -0.25) is 4.79 Å². The number of hydrogen-bond acceptors (Lipinski definition) is 5. The molecule has 0 radical (unpaired) electrons. The maximum absolute atomic E-state index is 12.4. The molecule has 0 saturated carbocycles. The summed E-state index contributed by atoms with van der Waals surface area (Å²) < 4.78 is 5.19. The molecule has 0 heterocycles. The van der Waals surface area contributed by atoms with E-state index in [9.17, 15) is 19.8 Å². The van der Waals surface area contributed by atoms with Crippen LogP contribution in [0.5, 0.6) is 0 Å². The van der Waals surface area contributed by atoms with Gasteiger partial charge >= 0.3 is 5.97 Å². The molecule has 1 aromatic carbocycles. The van der Waals surface area contributed by atoms with Crippen molar-refractivity contribution < 1.29 is 24.5 Å². The third-order valence-electron chi connectivity index (χ3n) is 5.01. The Kier molecular flexibility index (Phi) is 8.63. The zero-order valence-corrected chi connectivity index (χ0v) is 17.2. The number of unbranched alkanes of at least 4 members (excludes halogenated alkanes) is 1. The second-order valence-corrected chi connectivity index (χ2v) is 8.23. The topological polar surface area (TPSA) is 83.8 Å². The summed E-state index contributed by atoms with van der Waals surface area (Å²) >= 11 is 0. The minimum Gasteiger partial charge on any atom is -0.463 e. The zero-order chi connectivity index (χ0) is 20.7. The standard InChI is InChI=1S/C22H34O5/c1-6-8-9-16(7-2)14-27-20(25)22(26,15-23)19(24)17-10-12-18(13-11-17)21(3,4)5/h10-13,15-16,19,24,26H,6-9,14H2,1-5H3. The van der Waals surface area contributed by atoms with E-state index >= 15 is 0 Å². The van der Waals surface area contributed by atoms with Gasteiger partial charge in [-0.15, -0.1) is 0 Å². The second kappa shape index (κ2) is 10.00. The SMILES string of the molecule is CCCCC(CC)COC(=O)C(O)(C=O)C(O)c1ccc(C(C)(C)C)cc1. The lowest BCUT2D eigenvalue weighted by Crippen LogP contribution is -2.47. The summed E-state index contributed by atoms with van der Waals surface area (Å²) in [7, 11) is 0. The summed E-state index contributed by atoms with van der Waals surface area (Å²) in [5.74, 6) is -0.937. The second-order valence-electron chi connectivity index (χ2n) is 8.23. The summed E-state index contributed by atoms with van der Waals surface area (Å²) in [6.07, 6.45) is 2.19. The molecule has 2 N–H and O–H groups in total. The molecule has 3 unspecified atom stereocenters. The van der Waals surface area contributed by atoms with Gasteiger partial charge in [-0.25, -0.2) is 4.79 Å². The molecule has 0 aliphatic rings. The highest BCUT2D eigenvalue weighted by atomic mass is 16.6. The summed E-state index contributed by atoms with van der Waals surface area (Å²) in [4.78, 5) is 23.9. The molecule has 1 aromatic rings. The molecule has 0 saturated heterocycles. The first-order chi connectivity index (χ1) is 12.6. The highest BCUT2D eigenvalue weighted by Crippen LogP contribution is 2.29. The summed E-state index contributed by atoms with van der Waals surface area (Å²) in [6.45, 7) is 10.4. The third kappa shape index (κ3) is 6.15. The summed E-state index contributed by atoms with van der Waals surface area (Å²) in [5.41, 5.74) is -1.37. The monoisotopic (exact) mass is 378 g/mol. The predicted molar refractivity (Wildman–Crippen MR) is 105 cm³/mol. The number of aliphatic hydroxyl groups excluding tert-OH is 1. The Morgan fingerprint density at radius 1 is 1.19 bits per heavy atom. The summed E-state index contributed by atoms with van der Waals surface area (Å²) in [5, 5.41) is 21.0. The minimum absolute atomic E-state index is 0.0602. The van der Waals surface area contributed by atoms with Crippen LogP contribution in [-0.4, -0.2) is 34.7 Å². The quantitative estimate of drug-likeness (QED) is 0.368. The number of aldehydes is 1. The van der Waals surface area contributed by atoms with E-state index in [0.29, 0.717) is 0 Å². The van der Waals surface area contributed by atoms with Crippen LogP contribution in [0.1, 0.15) is 77.5 Å². The lowest BCUT2D eigenvalue weighted by Gasteiger charge is -2.27. The van der Waals surface area contributed by atoms with Crippen LogP contribution in [-0.2, 0) is 19.7 Å². The Morgan fingerprint density at radius 3 is 2.22 bits per heavy atom. The molecule has 0 aromatic heterocycles. The first-order valence-electron chi connectivity index (χ1n) is 9.74. The van der Waals surface area contributed by atoms with Crippen molar-refractivity contribution in [3.05, 3.63) is 35.4 Å². The van der Waals surface area contributed by atoms with Crippen LogP contribution in [0.25, 0.3) is 0 Å². The van der Waals surface area contributed by atoms with Gasteiger partial charge in [0.25, 0.3) is 0 Å². The van der Waals surface area contributed by atoms with E-state index in [1.165, 1.54) is 0 Å². The van der Waals surface area contributed by atoms with E-state index < -0.39 is 17.7 Å². The average molecular weight is 379 g/mol. The van der Waals surface area contributed by atoms with Crippen LogP contribution >= 0.6 is 0 Å². The maximum atomic E-state index is 12.4.